The van der Waals surface area contributed by atoms with Gasteiger partial charge in [-0.25, -0.2) is 4.98 Å². The van der Waals surface area contributed by atoms with Gasteiger partial charge in [0.25, 0.3) is 5.91 Å². The molecule has 0 aliphatic carbocycles. The minimum absolute atomic E-state index is 0.158. The van der Waals surface area contributed by atoms with Crippen LogP contribution in [-0.4, -0.2) is 24.3 Å². The van der Waals surface area contributed by atoms with Crippen LogP contribution in [0.2, 0.25) is 0 Å². The van der Waals surface area contributed by atoms with Crippen molar-refractivity contribution in [2.75, 3.05) is 24.5 Å². The number of amides is 1. The zero-order valence-electron chi connectivity index (χ0n) is 13.6. The summed E-state index contributed by atoms with van der Waals surface area (Å²) >= 11 is 1.51. The van der Waals surface area contributed by atoms with Gasteiger partial charge >= 0.3 is 0 Å². The summed E-state index contributed by atoms with van der Waals surface area (Å²) in [5.74, 6) is 1.41. The van der Waals surface area contributed by atoms with E-state index in [4.69, 9.17) is 19.9 Å². The molecule has 0 bridgehead atoms. The highest BCUT2D eigenvalue weighted by Crippen LogP contribution is 2.34. The normalized spacial score (nSPS) is 12.0. The molecule has 1 aliphatic heterocycles. The van der Waals surface area contributed by atoms with Crippen LogP contribution < -0.4 is 25.3 Å². The van der Waals surface area contributed by atoms with E-state index in [0.717, 1.165) is 11.3 Å². The van der Waals surface area contributed by atoms with Crippen molar-refractivity contribution in [2.45, 2.75) is 0 Å². The molecular weight excluding hydrogens is 354 g/mol. The molecular formula is C18H15N3O4S. The lowest BCUT2D eigenvalue weighted by Gasteiger charge is -2.10. The molecule has 2 heterocycles. The highest BCUT2D eigenvalue weighted by molar-refractivity contribution is 7.07. The number of thiazole rings is 1. The molecule has 8 heteroatoms. The minimum atomic E-state index is -0.299. The number of nitrogens with one attached hydrogen (secondary N) is 1. The number of rotatable bonds is 5. The predicted octanol–water partition coefficient (Wildman–Crippen LogP) is 3.14. The molecule has 1 amide bonds. The number of carbonyl (C=O) groups excluding carboxylic acids is 1. The van der Waals surface area contributed by atoms with Crippen LogP contribution in [-0.2, 0) is 4.79 Å². The molecule has 1 aromatic heterocycles. The Balaban J connectivity index is 1.37. The zero-order valence-corrected chi connectivity index (χ0v) is 14.4. The first kappa shape index (κ1) is 16.2. The second-order valence-electron chi connectivity index (χ2n) is 5.53. The van der Waals surface area contributed by atoms with E-state index in [0.29, 0.717) is 28.6 Å². The number of nitrogens with two attached hydrogens (primary N) is 1. The van der Waals surface area contributed by atoms with Crippen molar-refractivity contribution in [2.24, 2.45) is 0 Å². The van der Waals surface area contributed by atoms with E-state index in [-0.39, 0.29) is 19.3 Å². The van der Waals surface area contributed by atoms with Gasteiger partial charge in [-0.1, -0.05) is 0 Å². The fourth-order valence-corrected chi connectivity index (χ4v) is 3.07. The number of ether oxygens (including phenoxy) is 3. The first-order chi connectivity index (χ1) is 12.7. The lowest BCUT2D eigenvalue weighted by Crippen LogP contribution is -2.20. The molecule has 132 valence electrons. The molecule has 0 saturated carbocycles. The molecule has 3 N–H and O–H groups in total. The van der Waals surface area contributed by atoms with E-state index in [2.05, 4.69) is 10.3 Å². The molecule has 0 spiro atoms. The molecule has 4 rings (SSSR count). The number of hydrogen-bond acceptors (Lipinski definition) is 7. The fourth-order valence-electron chi connectivity index (χ4n) is 2.51. The molecule has 0 saturated heterocycles. The Bertz CT molecular complexity index is 944. The van der Waals surface area contributed by atoms with Crippen LogP contribution in [0.1, 0.15) is 0 Å². The van der Waals surface area contributed by atoms with Crippen molar-refractivity contribution in [3.8, 4) is 28.5 Å². The Morgan fingerprint density at radius 3 is 2.92 bits per heavy atom. The van der Waals surface area contributed by atoms with Crippen LogP contribution in [0.5, 0.6) is 17.2 Å². The van der Waals surface area contributed by atoms with Crippen LogP contribution in [0.3, 0.4) is 0 Å². The largest absolute Gasteiger partial charge is 0.482 e. The van der Waals surface area contributed by atoms with Gasteiger partial charge in [-0.2, -0.15) is 0 Å². The summed E-state index contributed by atoms with van der Waals surface area (Å²) in [7, 11) is 0. The monoisotopic (exact) mass is 369 g/mol. The van der Waals surface area contributed by atoms with Crippen LogP contribution >= 0.6 is 11.3 Å². The summed E-state index contributed by atoms with van der Waals surface area (Å²) < 4.78 is 16.0. The van der Waals surface area contributed by atoms with Gasteiger partial charge in [0, 0.05) is 22.7 Å². The molecule has 26 heavy (non-hydrogen) atoms. The van der Waals surface area contributed by atoms with Crippen molar-refractivity contribution < 1.29 is 19.0 Å². The van der Waals surface area contributed by atoms with Crippen molar-refractivity contribution in [1.82, 2.24) is 4.98 Å². The molecule has 0 unspecified atom stereocenters. The first-order valence-electron chi connectivity index (χ1n) is 7.79. The first-order valence-corrected chi connectivity index (χ1v) is 8.74. The van der Waals surface area contributed by atoms with Gasteiger partial charge in [-0.15, -0.1) is 11.3 Å². The SMILES string of the molecule is Nc1cc(-c2cscn2)ccc1OCC(=O)Nc1ccc2c(c1)OCO2. The summed E-state index contributed by atoms with van der Waals surface area (Å²) in [5, 5.41) is 4.68. The molecule has 3 aromatic rings. The van der Waals surface area contributed by atoms with Crippen LogP contribution in [0, 0.1) is 0 Å². The third-order valence-corrected chi connectivity index (χ3v) is 4.34. The minimum Gasteiger partial charge on any atom is -0.482 e. The van der Waals surface area contributed by atoms with E-state index in [1.807, 2.05) is 11.4 Å². The van der Waals surface area contributed by atoms with Crippen molar-refractivity contribution in [3.05, 3.63) is 47.3 Å². The Kier molecular flexibility index (Phi) is 4.32. The lowest BCUT2D eigenvalue weighted by atomic mass is 10.1. The molecule has 0 fully saturated rings. The third kappa shape index (κ3) is 3.40. The van der Waals surface area contributed by atoms with E-state index in [1.54, 1.807) is 35.8 Å². The number of fused-ring (bicyclic) bond motifs is 1. The highest BCUT2D eigenvalue weighted by atomic mass is 32.1. The fraction of sp³-hybridized carbons (Fsp3) is 0.111. The summed E-state index contributed by atoms with van der Waals surface area (Å²) in [6.45, 7) is 0.0285. The Hall–Kier alpha value is -3.26. The Morgan fingerprint density at radius 1 is 1.23 bits per heavy atom. The van der Waals surface area contributed by atoms with Gasteiger partial charge in [-0.3, -0.25) is 4.79 Å². The quantitative estimate of drug-likeness (QED) is 0.671. The number of hydrogen-bond donors (Lipinski definition) is 2. The standard InChI is InChI=1S/C18H15N3O4S/c19-13-5-11(14-8-26-9-20-14)1-3-15(13)23-7-18(22)21-12-2-4-16-17(6-12)25-10-24-16/h1-6,8-9H,7,10,19H2,(H,21,22). The van der Waals surface area contributed by atoms with E-state index < -0.39 is 0 Å². The molecule has 2 aromatic carbocycles. The molecule has 7 nitrogen and oxygen atoms in total. The maximum atomic E-state index is 12.1. The maximum Gasteiger partial charge on any atom is 0.262 e. The van der Waals surface area contributed by atoms with Crippen LogP contribution in [0.15, 0.2) is 47.3 Å². The zero-order chi connectivity index (χ0) is 17.9. The predicted molar refractivity (Wildman–Crippen MR) is 98.7 cm³/mol. The summed E-state index contributed by atoms with van der Waals surface area (Å²) in [4.78, 5) is 16.3. The smallest absolute Gasteiger partial charge is 0.262 e. The van der Waals surface area contributed by atoms with Gasteiger partial charge in [0.1, 0.15) is 5.75 Å². The van der Waals surface area contributed by atoms with Gasteiger partial charge < -0.3 is 25.3 Å². The number of nitrogen functional groups attached to an aromatic ring is 1. The number of anilines is 2. The molecule has 0 atom stereocenters. The summed E-state index contributed by atoms with van der Waals surface area (Å²) in [6, 6.07) is 10.6. The van der Waals surface area contributed by atoms with Crippen molar-refractivity contribution in [1.29, 1.82) is 0 Å². The van der Waals surface area contributed by atoms with Gasteiger partial charge in [0.05, 0.1) is 16.9 Å². The second kappa shape index (κ2) is 6.93. The Labute approximate surface area is 153 Å². The second-order valence-corrected chi connectivity index (χ2v) is 6.25. The summed E-state index contributed by atoms with van der Waals surface area (Å²) in [5.41, 5.74) is 10.6. The van der Waals surface area contributed by atoms with E-state index >= 15 is 0 Å². The van der Waals surface area contributed by atoms with Gasteiger partial charge in [0.2, 0.25) is 6.79 Å². The third-order valence-electron chi connectivity index (χ3n) is 3.75. The molecule has 1 aliphatic rings. The van der Waals surface area contributed by atoms with Crippen LogP contribution in [0.4, 0.5) is 11.4 Å². The number of benzene rings is 2. The average molecular weight is 369 g/mol. The van der Waals surface area contributed by atoms with E-state index in [1.165, 1.54) is 11.3 Å². The van der Waals surface area contributed by atoms with Crippen molar-refractivity contribution >= 4 is 28.6 Å². The van der Waals surface area contributed by atoms with E-state index in [9.17, 15) is 4.79 Å². The average Bonchev–Trinajstić information content (AvgIpc) is 3.32. The number of nitrogens with zero attached hydrogens (tertiary/aromatic N) is 1. The topological polar surface area (TPSA) is 95.7 Å². The van der Waals surface area contributed by atoms with Gasteiger partial charge in [-0.05, 0) is 30.3 Å². The maximum absolute atomic E-state index is 12.1. The van der Waals surface area contributed by atoms with Gasteiger partial charge in [0.15, 0.2) is 18.1 Å². The molecule has 0 radical (unpaired) electrons. The van der Waals surface area contributed by atoms with Crippen molar-refractivity contribution in [3.63, 3.8) is 0 Å². The van der Waals surface area contributed by atoms with Crippen LogP contribution in [0.25, 0.3) is 11.3 Å². The highest BCUT2D eigenvalue weighted by Gasteiger charge is 2.14. The Morgan fingerprint density at radius 2 is 2.12 bits per heavy atom. The number of carbonyl (C=O) groups is 1. The summed E-state index contributed by atoms with van der Waals surface area (Å²) in [6.07, 6.45) is 0. The number of aromatic nitrogens is 1. The lowest BCUT2D eigenvalue weighted by molar-refractivity contribution is -0.118.